The first-order valence-electron chi connectivity index (χ1n) is 6.21. The van der Waals surface area contributed by atoms with Crippen LogP contribution in [0.25, 0.3) is 0 Å². The highest BCUT2D eigenvalue weighted by molar-refractivity contribution is 6.30. The predicted octanol–water partition coefficient (Wildman–Crippen LogP) is 2.22. The van der Waals surface area contributed by atoms with E-state index in [9.17, 15) is 0 Å². The normalized spacial score (nSPS) is 12.2. The molecule has 5 nitrogen and oxygen atoms in total. The fourth-order valence-electron chi connectivity index (χ4n) is 2.00. The van der Waals surface area contributed by atoms with E-state index in [0.717, 1.165) is 17.5 Å². The first kappa shape index (κ1) is 14.6. The molecule has 0 spiro atoms. The van der Waals surface area contributed by atoms with Crippen molar-refractivity contribution >= 4 is 17.4 Å². The van der Waals surface area contributed by atoms with Crippen molar-refractivity contribution in [3.8, 4) is 5.88 Å². The van der Waals surface area contributed by atoms with Crippen LogP contribution in [0.3, 0.4) is 0 Å². The number of methoxy groups -OCH3 is 1. The summed E-state index contributed by atoms with van der Waals surface area (Å²) in [4.78, 5) is 8.28. The molecule has 0 aliphatic rings. The second kappa shape index (κ2) is 6.54. The average Bonchev–Trinajstić information content (AvgIpc) is 2.48. The largest absolute Gasteiger partial charge is 0.481 e. The zero-order valence-electron chi connectivity index (χ0n) is 11.4. The number of likely N-dealkylation sites (N-methyl/N-ethyl adjacent to an activating group) is 1. The molecule has 1 atom stereocenters. The lowest BCUT2D eigenvalue weighted by molar-refractivity contribution is 0.397. The quantitative estimate of drug-likeness (QED) is 0.884. The second-order valence-electron chi connectivity index (χ2n) is 4.38. The van der Waals surface area contributed by atoms with Gasteiger partial charge in [0.1, 0.15) is 5.82 Å². The minimum atomic E-state index is 0.0244. The molecule has 2 rings (SSSR count). The van der Waals surface area contributed by atoms with Crippen molar-refractivity contribution in [2.24, 2.45) is 0 Å². The maximum Gasteiger partial charge on any atom is 0.212 e. The van der Waals surface area contributed by atoms with Crippen LogP contribution in [-0.4, -0.2) is 24.1 Å². The predicted molar refractivity (Wildman–Crippen MR) is 80.0 cm³/mol. The molecule has 0 bridgehead atoms. The van der Waals surface area contributed by atoms with Crippen molar-refractivity contribution < 1.29 is 4.74 Å². The number of anilines is 1. The lowest BCUT2D eigenvalue weighted by Gasteiger charge is -2.18. The molecule has 6 heteroatoms. The Labute approximate surface area is 123 Å². The number of ether oxygens (including phenoxy) is 1. The van der Waals surface area contributed by atoms with Gasteiger partial charge in [-0.05, 0) is 25.1 Å². The van der Waals surface area contributed by atoms with Gasteiger partial charge >= 0.3 is 0 Å². The van der Waals surface area contributed by atoms with Crippen molar-refractivity contribution in [1.29, 1.82) is 0 Å². The lowest BCUT2D eigenvalue weighted by atomic mass is 10.0. The van der Waals surface area contributed by atoms with Crippen molar-refractivity contribution in [3.05, 3.63) is 46.7 Å². The van der Waals surface area contributed by atoms with Gasteiger partial charge in [-0.1, -0.05) is 17.7 Å². The lowest BCUT2D eigenvalue weighted by Crippen LogP contribution is -2.20. The van der Waals surface area contributed by atoms with Crippen LogP contribution in [0, 0.1) is 0 Å². The molecule has 20 heavy (non-hydrogen) atoms. The fraction of sp³-hybridized carbons (Fsp3) is 0.286. The number of halogens is 1. The Morgan fingerprint density at radius 3 is 2.75 bits per heavy atom. The number of aromatic nitrogens is 2. The average molecular weight is 293 g/mol. The minimum Gasteiger partial charge on any atom is -0.481 e. The summed E-state index contributed by atoms with van der Waals surface area (Å²) in [6.07, 6.45) is 4.07. The minimum absolute atomic E-state index is 0.0244. The van der Waals surface area contributed by atoms with Gasteiger partial charge in [-0.3, -0.25) is 0 Å². The summed E-state index contributed by atoms with van der Waals surface area (Å²) in [7, 11) is 3.47. The molecule has 2 aromatic rings. The summed E-state index contributed by atoms with van der Waals surface area (Å²) in [5.74, 6) is 1.08. The summed E-state index contributed by atoms with van der Waals surface area (Å²) in [6.45, 7) is 0. The number of nitrogen functional groups attached to an aromatic ring is 1. The molecule has 0 saturated carbocycles. The monoisotopic (exact) mass is 292 g/mol. The van der Waals surface area contributed by atoms with E-state index in [1.807, 2.05) is 25.2 Å². The highest BCUT2D eigenvalue weighted by Gasteiger charge is 2.15. The van der Waals surface area contributed by atoms with Crippen molar-refractivity contribution in [3.63, 3.8) is 0 Å². The highest BCUT2D eigenvalue weighted by atomic mass is 35.5. The van der Waals surface area contributed by atoms with Gasteiger partial charge in [0.05, 0.1) is 12.1 Å². The Morgan fingerprint density at radius 1 is 1.35 bits per heavy atom. The van der Waals surface area contributed by atoms with Gasteiger partial charge in [0.2, 0.25) is 5.88 Å². The topological polar surface area (TPSA) is 73.1 Å². The third-order valence-electron chi connectivity index (χ3n) is 3.09. The third kappa shape index (κ3) is 3.37. The van der Waals surface area contributed by atoms with Crippen LogP contribution in [0.5, 0.6) is 5.88 Å². The molecule has 0 amide bonds. The molecule has 106 valence electrons. The van der Waals surface area contributed by atoms with E-state index in [1.165, 1.54) is 0 Å². The van der Waals surface area contributed by atoms with Gasteiger partial charge in [-0.2, -0.15) is 0 Å². The maximum absolute atomic E-state index is 5.99. The molecule has 2 heterocycles. The van der Waals surface area contributed by atoms with Gasteiger partial charge in [0.15, 0.2) is 0 Å². The Kier molecular flexibility index (Phi) is 4.76. The maximum atomic E-state index is 5.99. The van der Waals surface area contributed by atoms with Gasteiger partial charge in [-0.15, -0.1) is 0 Å². The zero-order valence-corrected chi connectivity index (χ0v) is 12.2. The van der Waals surface area contributed by atoms with E-state index >= 15 is 0 Å². The van der Waals surface area contributed by atoms with Crippen LogP contribution in [0.4, 0.5) is 5.82 Å². The van der Waals surface area contributed by atoms with Crippen molar-refractivity contribution in [2.45, 2.75) is 12.5 Å². The van der Waals surface area contributed by atoms with Crippen LogP contribution in [-0.2, 0) is 6.42 Å². The van der Waals surface area contributed by atoms with Gasteiger partial charge in [0, 0.05) is 30.1 Å². The number of pyridine rings is 2. The van der Waals surface area contributed by atoms with Crippen LogP contribution >= 0.6 is 11.6 Å². The Balaban J connectivity index is 2.21. The number of nitrogens with zero attached hydrogens (tertiary/aromatic N) is 2. The number of hydrogen-bond acceptors (Lipinski definition) is 5. The molecule has 3 N–H and O–H groups in total. The van der Waals surface area contributed by atoms with E-state index in [2.05, 4.69) is 15.3 Å². The standard InChI is InChI=1S/C14H17ClN4O/c1-17-12(11-6-10(15)8-19-14(11)16)5-9-3-4-13(20-2)18-7-9/h3-4,6-8,12,17H,5H2,1-2H3,(H2,16,19). The van der Waals surface area contributed by atoms with Crippen LogP contribution in [0.2, 0.25) is 5.02 Å². The molecular weight excluding hydrogens is 276 g/mol. The Bertz CT molecular complexity index is 574. The zero-order chi connectivity index (χ0) is 14.5. The molecule has 0 aliphatic heterocycles. The number of nitrogens with two attached hydrogens (primary N) is 1. The van der Waals surface area contributed by atoms with Gasteiger partial charge in [0.25, 0.3) is 0 Å². The summed E-state index contributed by atoms with van der Waals surface area (Å²) in [6, 6.07) is 5.67. The highest BCUT2D eigenvalue weighted by Crippen LogP contribution is 2.25. The number of hydrogen-bond donors (Lipinski definition) is 2. The smallest absolute Gasteiger partial charge is 0.212 e. The summed E-state index contributed by atoms with van der Waals surface area (Å²) in [5, 5.41) is 3.80. The van der Waals surface area contributed by atoms with E-state index in [4.69, 9.17) is 22.1 Å². The Morgan fingerprint density at radius 2 is 2.15 bits per heavy atom. The summed E-state index contributed by atoms with van der Waals surface area (Å²) < 4.78 is 5.05. The summed E-state index contributed by atoms with van der Waals surface area (Å²) in [5.41, 5.74) is 7.88. The SMILES string of the molecule is CNC(Cc1ccc(OC)nc1)c1cc(Cl)cnc1N. The first-order valence-corrected chi connectivity index (χ1v) is 6.59. The fourth-order valence-corrected chi connectivity index (χ4v) is 2.17. The number of nitrogens with one attached hydrogen (secondary N) is 1. The molecule has 0 aliphatic carbocycles. The molecule has 0 fully saturated rings. The van der Waals surface area contributed by atoms with Crippen molar-refractivity contribution in [2.75, 3.05) is 19.9 Å². The molecule has 0 saturated heterocycles. The molecule has 1 unspecified atom stereocenters. The first-order chi connectivity index (χ1) is 9.63. The van der Waals surface area contributed by atoms with Gasteiger partial charge < -0.3 is 15.8 Å². The number of rotatable bonds is 5. The van der Waals surface area contributed by atoms with Crippen LogP contribution in [0.1, 0.15) is 17.2 Å². The summed E-state index contributed by atoms with van der Waals surface area (Å²) >= 11 is 5.99. The molecule has 2 aromatic heterocycles. The molecular formula is C14H17ClN4O. The van der Waals surface area contributed by atoms with E-state index in [-0.39, 0.29) is 6.04 Å². The van der Waals surface area contributed by atoms with Gasteiger partial charge in [-0.25, -0.2) is 9.97 Å². The second-order valence-corrected chi connectivity index (χ2v) is 4.82. The van der Waals surface area contributed by atoms with Crippen LogP contribution in [0.15, 0.2) is 30.6 Å². The van der Waals surface area contributed by atoms with Crippen LogP contribution < -0.4 is 15.8 Å². The molecule has 0 aromatic carbocycles. The molecule has 0 radical (unpaired) electrons. The van der Waals surface area contributed by atoms with E-state index in [0.29, 0.717) is 16.7 Å². The Hall–Kier alpha value is -1.85. The van der Waals surface area contributed by atoms with E-state index < -0.39 is 0 Å². The van der Waals surface area contributed by atoms with Crippen molar-refractivity contribution in [1.82, 2.24) is 15.3 Å². The van der Waals surface area contributed by atoms with E-state index in [1.54, 1.807) is 19.5 Å². The third-order valence-corrected chi connectivity index (χ3v) is 3.29.